The molecule has 0 fully saturated rings. The van der Waals surface area contributed by atoms with Crippen molar-refractivity contribution in [3.8, 4) is 5.88 Å². The van der Waals surface area contributed by atoms with Crippen LogP contribution in [0.5, 0.6) is 5.88 Å². The second-order valence-corrected chi connectivity index (χ2v) is 6.74. The molecule has 128 valence electrons. The fraction of sp³-hybridized carbons (Fsp3) is 0.158. The SMILES string of the molecule is O=c1c(Br)c(OCc2ccc(Cl)cc2)ncn1CCc1ccccc1. The van der Waals surface area contributed by atoms with Gasteiger partial charge < -0.3 is 4.74 Å². The number of ether oxygens (including phenoxy) is 1. The summed E-state index contributed by atoms with van der Waals surface area (Å²) in [6.45, 7) is 0.877. The Labute approximate surface area is 159 Å². The highest BCUT2D eigenvalue weighted by atomic mass is 79.9. The van der Waals surface area contributed by atoms with Crippen LogP contribution in [0.1, 0.15) is 11.1 Å². The van der Waals surface area contributed by atoms with E-state index in [1.54, 1.807) is 16.7 Å². The highest BCUT2D eigenvalue weighted by molar-refractivity contribution is 9.10. The molecule has 0 aliphatic rings. The molecule has 0 N–H and O–H groups in total. The van der Waals surface area contributed by atoms with Gasteiger partial charge in [-0.3, -0.25) is 9.36 Å². The molecule has 0 atom stereocenters. The van der Waals surface area contributed by atoms with E-state index >= 15 is 0 Å². The molecule has 6 heteroatoms. The second-order valence-electron chi connectivity index (χ2n) is 5.51. The minimum absolute atomic E-state index is 0.156. The van der Waals surface area contributed by atoms with Gasteiger partial charge in [-0.05, 0) is 45.6 Å². The van der Waals surface area contributed by atoms with Gasteiger partial charge in [0.2, 0.25) is 5.88 Å². The molecule has 25 heavy (non-hydrogen) atoms. The Morgan fingerprint density at radius 3 is 2.48 bits per heavy atom. The van der Waals surface area contributed by atoms with Crippen LogP contribution in [-0.4, -0.2) is 9.55 Å². The zero-order chi connectivity index (χ0) is 17.6. The molecule has 0 radical (unpaired) electrons. The zero-order valence-electron chi connectivity index (χ0n) is 13.4. The molecule has 0 saturated heterocycles. The van der Waals surface area contributed by atoms with Crippen LogP contribution in [0.3, 0.4) is 0 Å². The van der Waals surface area contributed by atoms with Crippen LogP contribution >= 0.6 is 27.5 Å². The molecule has 4 nitrogen and oxygen atoms in total. The van der Waals surface area contributed by atoms with Crippen molar-refractivity contribution < 1.29 is 4.74 Å². The normalized spacial score (nSPS) is 10.6. The topological polar surface area (TPSA) is 44.1 Å². The first-order valence-corrected chi connectivity index (χ1v) is 8.96. The van der Waals surface area contributed by atoms with Crippen LogP contribution in [0.25, 0.3) is 0 Å². The molecule has 0 saturated carbocycles. The van der Waals surface area contributed by atoms with Crippen molar-refractivity contribution in [3.63, 3.8) is 0 Å². The quantitative estimate of drug-likeness (QED) is 0.592. The minimum atomic E-state index is -0.156. The Morgan fingerprint density at radius 2 is 1.76 bits per heavy atom. The maximum atomic E-state index is 12.4. The Bertz CT molecular complexity index is 896. The maximum absolute atomic E-state index is 12.4. The first kappa shape index (κ1) is 17.7. The molecular weight excluding hydrogens is 404 g/mol. The molecule has 0 aliphatic heterocycles. The van der Waals surface area contributed by atoms with Crippen LogP contribution in [0.2, 0.25) is 5.02 Å². The van der Waals surface area contributed by atoms with Crippen molar-refractivity contribution >= 4 is 27.5 Å². The minimum Gasteiger partial charge on any atom is -0.472 e. The summed E-state index contributed by atoms with van der Waals surface area (Å²) in [6.07, 6.45) is 2.28. The smallest absolute Gasteiger partial charge is 0.271 e. The number of aryl methyl sites for hydroxylation is 2. The Kier molecular flexibility index (Phi) is 5.89. The zero-order valence-corrected chi connectivity index (χ0v) is 15.7. The van der Waals surface area contributed by atoms with E-state index in [1.807, 2.05) is 42.5 Å². The van der Waals surface area contributed by atoms with Crippen molar-refractivity contribution in [2.24, 2.45) is 0 Å². The fourth-order valence-electron chi connectivity index (χ4n) is 2.34. The number of halogens is 2. The van der Waals surface area contributed by atoms with Gasteiger partial charge in [0.1, 0.15) is 17.4 Å². The molecule has 0 spiro atoms. The largest absolute Gasteiger partial charge is 0.472 e. The molecule has 0 unspecified atom stereocenters. The first-order chi connectivity index (χ1) is 12.1. The molecule has 1 aromatic heterocycles. The Morgan fingerprint density at radius 1 is 1.04 bits per heavy atom. The monoisotopic (exact) mass is 418 g/mol. The number of nitrogens with zero attached hydrogens (tertiary/aromatic N) is 2. The van der Waals surface area contributed by atoms with Crippen molar-refractivity contribution in [2.75, 3.05) is 0 Å². The summed E-state index contributed by atoms with van der Waals surface area (Å²) < 4.78 is 7.55. The lowest BCUT2D eigenvalue weighted by molar-refractivity contribution is 0.289. The Hall–Kier alpha value is -2.11. The highest BCUT2D eigenvalue weighted by Gasteiger charge is 2.10. The summed E-state index contributed by atoms with van der Waals surface area (Å²) in [6, 6.07) is 17.4. The van der Waals surface area contributed by atoms with Crippen molar-refractivity contribution in [1.29, 1.82) is 0 Å². The fourth-order valence-corrected chi connectivity index (χ4v) is 2.91. The van der Waals surface area contributed by atoms with Crippen LogP contribution in [0.15, 0.2) is 70.2 Å². The predicted molar refractivity (Wildman–Crippen MR) is 102 cm³/mol. The van der Waals surface area contributed by atoms with Gasteiger partial charge in [-0.25, -0.2) is 4.98 Å². The lowest BCUT2D eigenvalue weighted by Crippen LogP contribution is -2.23. The highest BCUT2D eigenvalue weighted by Crippen LogP contribution is 2.19. The van der Waals surface area contributed by atoms with Crippen LogP contribution < -0.4 is 10.3 Å². The van der Waals surface area contributed by atoms with E-state index in [0.717, 1.165) is 12.0 Å². The van der Waals surface area contributed by atoms with Crippen LogP contribution in [0, 0.1) is 0 Å². The number of aromatic nitrogens is 2. The van der Waals surface area contributed by atoms with E-state index in [4.69, 9.17) is 16.3 Å². The van der Waals surface area contributed by atoms with Crippen molar-refractivity contribution in [1.82, 2.24) is 9.55 Å². The van der Waals surface area contributed by atoms with E-state index in [-0.39, 0.29) is 11.4 Å². The molecule has 3 rings (SSSR count). The average molecular weight is 420 g/mol. The number of hydrogen-bond donors (Lipinski definition) is 0. The number of benzene rings is 2. The van der Waals surface area contributed by atoms with Gasteiger partial charge in [0, 0.05) is 11.6 Å². The molecule has 1 heterocycles. The van der Waals surface area contributed by atoms with Gasteiger partial charge >= 0.3 is 0 Å². The van der Waals surface area contributed by atoms with Gasteiger partial charge in [0.15, 0.2) is 0 Å². The van der Waals surface area contributed by atoms with Gasteiger partial charge in [-0.1, -0.05) is 54.1 Å². The lowest BCUT2D eigenvalue weighted by Gasteiger charge is -2.10. The van der Waals surface area contributed by atoms with Gasteiger partial charge in [-0.15, -0.1) is 0 Å². The summed E-state index contributed by atoms with van der Waals surface area (Å²) in [5.74, 6) is 0.288. The molecule has 2 aromatic carbocycles. The van der Waals surface area contributed by atoms with E-state index in [0.29, 0.717) is 22.6 Å². The number of rotatable bonds is 6. The third-order valence-electron chi connectivity index (χ3n) is 3.72. The molecular formula is C19H16BrClN2O2. The van der Waals surface area contributed by atoms with Crippen molar-refractivity contribution in [2.45, 2.75) is 19.6 Å². The van der Waals surface area contributed by atoms with Crippen LogP contribution in [-0.2, 0) is 19.6 Å². The molecule has 0 aliphatic carbocycles. The standard InChI is InChI=1S/C19H16BrClN2O2/c20-17-18(25-12-15-6-8-16(21)9-7-15)22-13-23(19(17)24)11-10-14-4-2-1-3-5-14/h1-9,13H,10-12H2. The number of hydrogen-bond acceptors (Lipinski definition) is 3. The third kappa shape index (κ3) is 4.71. The average Bonchev–Trinajstić information content (AvgIpc) is 2.64. The van der Waals surface area contributed by atoms with Gasteiger partial charge in [-0.2, -0.15) is 0 Å². The molecule has 0 amide bonds. The van der Waals surface area contributed by atoms with E-state index in [2.05, 4.69) is 20.9 Å². The predicted octanol–water partition coefficient (Wildman–Crippen LogP) is 4.48. The summed E-state index contributed by atoms with van der Waals surface area (Å²) >= 11 is 9.16. The third-order valence-corrected chi connectivity index (χ3v) is 4.65. The van der Waals surface area contributed by atoms with E-state index in [1.165, 1.54) is 11.9 Å². The molecule has 0 bridgehead atoms. The van der Waals surface area contributed by atoms with E-state index < -0.39 is 0 Å². The summed E-state index contributed by atoms with van der Waals surface area (Å²) in [5, 5.41) is 0.670. The summed E-state index contributed by atoms with van der Waals surface area (Å²) in [7, 11) is 0. The van der Waals surface area contributed by atoms with Gasteiger partial charge in [0.05, 0.1) is 0 Å². The first-order valence-electron chi connectivity index (χ1n) is 7.79. The summed E-state index contributed by atoms with van der Waals surface area (Å²) in [4.78, 5) is 16.7. The van der Waals surface area contributed by atoms with Crippen LogP contribution in [0.4, 0.5) is 0 Å². The summed E-state index contributed by atoms with van der Waals surface area (Å²) in [5.41, 5.74) is 1.97. The second kappa shape index (κ2) is 8.32. The van der Waals surface area contributed by atoms with Crippen molar-refractivity contribution in [3.05, 3.63) is 91.9 Å². The maximum Gasteiger partial charge on any atom is 0.271 e. The lowest BCUT2D eigenvalue weighted by atomic mass is 10.1. The van der Waals surface area contributed by atoms with E-state index in [9.17, 15) is 4.79 Å². The van der Waals surface area contributed by atoms with Gasteiger partial charge in [0.25, 0.3) is 5.56 Å². The Balaban J connectivity index is 1.67. The molecule has 3 aromatic rings.